The fourth-order valence-electron chi connectivity index (χ4n) is 1.95. The van der Waals surface area contributed by atoms with Crippen LogP contribution in [0.4, 0.5) is 0 Å². The minimum Gasteiger partial charge on any atom is -0.481 e. The molecule has 1 aromatic carbocycles. The van der Waals surface area contributed by atoms with E-state index in [1.807, 2.05) is 30.3 Å². The van der Waals surface area contributed by atoms with E-state index in [0.717, 1.165) is 17.2 Å². The molecule has 0 aliphatic carbocycles. The van der Waals surface area contributed by atoms with Crippen LogP contribution < -0.4 is 10.6 Å². The fraction of sp³-hybridized carbons (Fsp3) is 0.385. The number of hydrogen-bond acceptors (Lipinski definition) is 4. The second kappa shape index (κ2) is 6.58. The van der Waals surface area contributed by atoms with E-state index in [0.29, 0.717) is 0 Å². The Kier molecular flexibility index (Phi) is 4.81. The number of amides is 1. The average molecular weight is 280 g/mol. The van der Waals surface area contributed by atoms with Crippen molar-refractivity contribution in [3.05, 3.63) is 35.9 Å². The molecule has 0 saturated carbocycles. The Morgan fingerprint density at radius 1 is 1.42 bits per heavy atom. The number of carbonyl (C=O) groups excluding carboxylic acids is 1. The van der Waals surface area contributed by atoms with E-state index in [4.69, 9.17) is 5.11 Å². The number of rotatable bonds is 5. The highest BCUT2D eigenvalue weighted by atomic mass is 32.2. The van der Waals surface area contributed by atoms with Crippen molar-refractivity contribution in [2.24, 2.45) is 0 Å². The molecule has 0 spiro atoms. The van der Waals surface area contributed by atoms with E-state index in [1.54, 1.807) is 11.8 Å². The third-order valence-electron chi connectivity index (χ3n) is 2.93. The average Bonchev–Trinajstić information content (AvgIpc) is 2.92. The highest BCUT2D eigenvalue weighted by Crippen LogP contribution is 2.18. The number of thioether (sulfide) groups is 1. The summed E-state index contributed by atoms with van der Waals surface area (Å²) in [5, 5.41) is 14.8. The summed E-state index contributed by atoms with van der Waals surface area (Å²) in [6.07, 6.45) is -0.115. The fourth-order valence-corrected chi connectivity index (χ4v) is 2.89. The molecule has 6 heteroatoms. The first-order chi connectivity index (χ1) is 9.16. The summed E-state index contributed by atoms with van der Waals surface area (Å²) in [4.78, 5) is 22.9. The molecule has 0 bridgehead atoms. The van der Waals surface area contributed by atoms with Crippen LogP contribution in [0.1, 0.15) is 18.0 Å². The van der Waals surface area contributed by atoms with Gasteiger partial charge in [0.05, 0.1) is 18.5 Å². The van der Waals surface area contributed by atoms with Gasteiger partial charge in [-0.3, -0.25) is 14.9 Å². The molecule has 19 heavy (non-hydrogen) atoms. The number of nitrogens with one attached hydrogen (secondary N) is 2. The molecule has 1 aliphatic rings. The Labute approximate surface area is 115 Å². The van der Waals surface area contributed by atoms with Gasteiger partial charge in [0, 0.05) is 11.6 Å². The Morgan fingerprint density at radius 2 is 2.16 bits per heavy atom. The lowest BCUT2D eigenvalue weighted by atomic mass is 10.0. The molecule has 1 aromatic rings. The topological polar surface area (TPSA) is 78.4 Å². The normalized spacial score (nSPS) is 19.9. The predicted molar refractivity (Wildman–Crippen MR) is 73.8 cm³/mol. The van der Waals surface area contributed by atoms with E-state index < -0.39 is 12.0 Å². The van der Waals surface area contributed by atoms with Crippen LogP contribution in [0.25, 0.3) is 0 Å². The van der Waals surface area contributed by atoms with Crippen LogP contribution in [0.15, 0.2) is 30.3 Å². The molecule has 1 amide bonds. The standard InChI is InChI=1S/C13H16N2O3S/c16-12(17)6-10(9-4-2-1-3-5-9)15-13(18)11-7-19-8-14-11/h1-5,10-11,14H,6-8H2,(H,15,18)(H,16,17). The van der Waals surface area contributed by atoms with Crippen molar-refractivity contribution < 1.29 is 14.7 Å². The second-order valence-electron chi connectivity index (χ2n) is 4.34. The van der Waals surface area contributed by atoms with E-state index in [1.165, 1.54) is 0 Å². The van der Waals surface area contributed by atoms with Gasteiger partial charge in [-0.25, -0.2) is 0 Å². The molecule has 2 unspecified atom stereocenters. The van der Waals surface area contributed by atoms with E-state index in [9.17, 15) is 9.59 Å². The van der Waals surface area contributed by atoms with E-state index in [2.05, 4.69) is 10.6 Å². The first-order valence-electron chi connectivity index (χ1n) is 6.05. The zero-order valence-electron chi connectivity index (χ0n) is 10.3. The third kappa shape index (κ3) is 3.97. The highest BCUT2D eigenvalue weighted by molar-refractivity contribution is 7.99. The zero-order valence-corrected chi connectivity index (χ0v) is 11.2. The number of carboxylic acids is 1. The van der Waals surface area contributed by atoms with Crippen LogP contribution in [-0.4, -0.2) is 34.7 Å². The quantitative estimate of drug-likeness (QED) is 0.749. The minimum atomic E-state index is -0.928. The third-order valence-corrected chi connectivity index (χ3v) is 3.87. The van der Waals surface area contributed by atoms with Crippen molar-refractivity contribution in [2.75, 3.05) is 11.6 Å². The zero-order chi connectivity index (χ0) is 13.7. The molecule has 5 nitrogen and oxygen atoms in total. The highest BCUT2D eigenvalue weighted by Gasteiger charge is 2.26. The molecular formula is C13H16N2O3S. The summed E-state index contributed by atoms with van der Waals surface area (Å²) in [5.74, 6) is 0.413. The first-order valence-corrected chi connectivity index (χ1v) is 7.20. The first kappa shape index (κ1) is 13.9. The number of benzene rings is 1. The molecular weight excluding hydrogens is 264 g/mol. The lowest BCUT2D eigenvalue weighted by molar-refractivity contribution is -0.137. The van der Waals surface area contributed by atoms with E-state index in [-0.39, 0.29) is 18.4 Å². The Balaban J connectivity index is 2.05. The summed E-state index contributed by atoms with van der Waals surface area (Å²) in [6, 6.07) is 8.46. The van der Waals surface area contributed by atoms with Gasteiger partial charge in [0.2, 0.25) is 5.91 Å². The lowest BCUT2D eigenvalue weighted by Gasteiger charge is -2.19. The molecule has 1 heterocycles. The molecule has 3 N–H and O–H groups in total. The monoisotopic (exact) mass is 280 g/mol. The Hall–Kier alpha value is -1.53. The molecule has 102 valence electrons. The molecule has 1 fully saturated rings. The van der Waals surface area contributed by atoms with Crippen LogP contribution >= 0.6 is 11.8 Å². The Bertz CT molecular complexity index is 446. The van der Waals surface area contributed by atoms with Gasteiger partial charge in [-0.05, 0) is 5.56 Å². The molecule has 2 atom stereocenters. The number of carbonyl (C=O) groups is 2. The lowest BCUT2D eigenvalue weighted by Crippen LogP contribution is -2.43. The summed E-state index contributed by atoms with van der Waals surface area (Å²) in [6.45, 7) is 0. The van der Waals surface area contributed by atoms with Crippen LogP contribution in [0.2, 0.25) is 0 Å². The van der Waals surface area contributed by atoms with Gasteiger partial charge in [0.25, 0.3) is 0 Å². The van der Waals surface area contributed by atoms with Crippen molar-refractivity contribution in [3.63, 3.8) is 0 Å². The van der Waals surface area contributed by atoms with Gasteiger partial charge >= 0.3 is 5.97 Å². The van der Waals surface area contributed by atoms with Gasteiger partial charge in [-0.15, -0.1) is 11.8 Å². The summed E-state index contributed by atoms with van der Waals surface area (Å²) < 4.78 is 0. The number of aliphatic carboxylic acids is 1. The smallest absolute Gasteiger partial charge is 0.305 e. The molecule has 0 radical (unpaired) electrons. The van der Waals surface area contributed by atoms with Gasteiger partial charge in [-0.2, -0.15) is 0 Å². The largest absolute Gasteiger partial charge is 0.481 e. The van der Waals surface area contributed by atoms with Crippen LogP contribution in [0.5, 0.6) is 0 Å². The van der Waals surface area contributed by atoms with Crippen molar-refractivity contribution in [3.8, 4) is 0 Å². The molecule has 0 aromatic heterocycles. The second-order valence-corrected chi connectivity index (χ2v) is 5.37. The maximum absolute atomic E-state index is 12.0. The molecule has 1 aliphatic heterocycles. The van der Waals surface area contributed by atoms with E-state index >= 15 is 0 Å². The SMILES string of the molecule is O=C(O)CC(NC(=O)C1CSCN1)c1ccccc1. The van der Waals surface area contributed by atoms with Crippen molar-refractivity contribution >= 4 is 23.6 Å². The summed E-state index contributed by atoms with van der Waals surface area (Å²) in [7, 11) is 0. The van der Waals surface area contributed by atoms with Crippen molar-refractivity contribution in [1.82, 2.24) is 10.6 Å². The van der Waals surface area contributed by atoms with Gasteiger partial charge in [-0.1, -0.05) is 30.3 Å². The summed E-state index contributed by atoms with van der Waals surface area (Å²) in [5.41, 5.74) is 0.809. The van der Waals surface area contributed by atoms with Gasteiger partial charge < -0.3 is 10.4 Å². The van der Waals surface area contributed by atoms with Crippen molar-refractivity contribution in [1.29, 1.82) is 0 Å². The predicted octanol–water partition coefficient (Wildman–Crippen LogP) is 0.981. The van der Waals surface area contributed by atoms with Crippen LogP contribution in [0.3, 0.4) is 0 Å². The summed E-state index contributed by atoms with van der Waals surface area (Å²) >= 11 is 1.66. The maximum atomic E-state index is 12.0. The van der Waals surface area contributed by atoms with Crippen LogP contribution in [-0.2, 0) is 9.59 Å². The van der Waals surface area contributed by atoms with Crippen LogP contribution in [0, 0.1) is 0 Å². The van der Waals surface area contributed by atoms with Gasteiger partial charge in [0.1, 0.15) is 0 Å². The Morgan fingerprint density at radius 3 is 2.74 bits per heavy atom. The van der Waals surface area contributed by atoms with Gasteiger partial charge in [0.15, 0.2) is 0 Å². The molecule has 1 saturated heterocycles. The molecule has 2 rings (SSSR count). The minimum absolute atomic E-state index is 0.115. The number of carboxylic acid groups (broad SMARTS) is 1. The number of hydrogen-bond donors (Lipinski definition) is 3. The maximum Gasteiger partial charge on any atom is 0.305 e. The van der Waals surface area contributed by atoms with Crippen molar-refractivity contribution in [2.45, 2.75) is 18.5 Å².